The Balaban J connectivity index is 1.53. The number of hydrogen-bond acceptors (Lipinski definition) is 3. The highest BCUT2D eigenvalue weighted by Gasteiger charge is 2.44. The maximum Gasteiger partial charge on any atom is 0.243 e. The Bertz CT molecular complexity index is 809. The Hall–Kier alpha value is -2.62. The topological polar surface area (TPSA) is 54.6 Å². The second-order valence-electron chi connectivity index (χ2n) is 7.90. The molecule has 0 radical (unpaired) electrons. The average Bonchev–Trinajstić information content (AvgIpc) is 3.24. The van der Waals surface area contributed by atoms with Gasteiger partial charge in [0.1, 0.15) is 5.76 Å². The smallest absolute Gasteiger partial charge is 0.243 e. The van der Waals surface area contributed by atoms with E-state index in [1.165, 1.54) is 11.1 Å². The summed E-state index contributed by atoms with van der Waals surface area (Å²) in [5.41, 5.74) is 6.09. The SMILES string of the molecule is CC(/C=C/c1ccco1)=N\NC(=O)[C@H]1C[C@H]1c1ccc(C(C)(C)C)cc1. The minimum Gasteiger partial charge on any atom is -0.465 e. The first-order valence-corrected chi connectivity index (χ1v) is 9.01. The van der Waals surface area contributed by atoms with Gasteiger partial charge in [0.15, 0.2) is 0 Å². The Morgan fingerprint density at radius 3 is 2.58 bits per heavy atom. The number of carbonyl (C=O) groups excluding carboxylic acids is 1. The fraction of sp³-hybridized carbons (Fsp3) is 0.364. The molecule has 1 aromatic carbocycles. The van der Waals surface area contributed by atoms with Crippen LogP contribution in [0.2, 0.25) is 0 Å². The van der Waals surface area contributed by atoms with Crippen molar-refractivity contribution in [3.8, 4) is 0 Å². The van der Waals surface area contributed by atoms with Crippen LogP contribution in [0.15, 0.2) is 58.3 Å². The van der Waals surface area contributed by atoms with Crippen molar-refractivity contribution in [3.05, 3.63) is 65.6 Å². The van der Waals surface area contributed by atoms with Gasteiger partial charge >= 0.3 is 0 Å². The highest BCUT2D eigenvalue weighted by molar-refractivity contribution is 5.97. The monoisotopic (exact) mass is 350 g/mol. The second-order valence-corrected chi connectivity index (χ2v) is 7.90. The lowest BCUT2D eigenvalue weighted by Crippen LogP contribution is -2.21. The molecule has 26 heavy (non-hydrogen) atoms. The largest absolute Gasteiger partial charge is 0.465 e. The van der Waals surface area contributed by atoms with Crippen molar-refractivity contribution in [2.45, 2.75) is 45.4 Å². The predicted molar refractivity (Wildman–Crippen MR) is 105 cm³/mol. The molecule has 1 N–H and O–H groups in total. The van der Waals surface area contributed by atoms with Crippen molar-refractivity contribution in [1.29, 1.82) is 0 Å². The lowest BCUT2D eigenvalue weighted by molar-refractivity contribution is -0.122. The van der Waals surface area contributed by atoms with Gasteiger partial charge in [-0.25, -0.2) is 5.43 Å². The maximum atomic E-state index is 12.3. The number of carbonyl (C=O) groups is 1. The lowest BCUT2D eigenvalue weighted by Gasteiger charge is -2.19. The molecule has 1 heterocycles. The normalized spacial score (nSPS) is 20.4. The van der Waals surface area contributed by atoms with Crippen LogP contribution in [0.1, 0.15) is 56.9 Å². The van der Waals surface area contributed by atoms with Crippen LogP contribution in [0.25, 0.3) is 6.08 Å². The van der Waals surface area contributed by atoms with Crippen LogP contribution in [0, 0.1) is 5.92 Å². The molecule has 4 nitrogen and oxygen atoms in total. The van der Waals surface area contributed by atoms with Crippen LogP contribution in [0.5, 0.6) is 0 Å². The quantitative estimate of drug-likeness (QED) is 0.617. The summed E-state index contributed by atoms with van der Waals surface area (Å²) in [6.07, 6.45) is 6.14. The van der Waals surface area contributed by atoms with Crippen LogP contribution < -0.4 is 5.43 Å². The Kier molecular flexibility index (Phi) is 5.12. The van der Waals surface area contributed by atoms with Gasteiger partial charge in [-0.3, -0.25) is 4.79 Å². The number of hydrazone groups is 1. The fourth-order valence-electron chi connectivity index (χ4n) is 2.94. The van der Waals surface area contributed by atoms with Crippen LogP contribution in [-0.2, 0) is 10.2 Å². The summed E-state index contributed by atoms with van der Waals surface area (Å²) in [5.74, 6) is 1.06. The van der Waals surface area contributed by atoms with Gasteiger partial charge in [-0.15, -0.1) is 0 Å². The van der Waals surface area contributed by atoms with E-state index in [0.29, 0.717) is 5.92 Å². The van der Waals surface area contributed by atoms with Gasteiger partial charge in [-0.1, -0.05) is 45.0 Å². The Morgan fingerprint density at radius 2 is 1.96 bits per heavy atom. The molecule has 1 aliphatic rings. The van der Waals surface area contributed by atoms with Crippen molar-refractivity contribution in [2.75, 3.05) is 0 Å². The molecule has 1 aromatic heterocycles. The van der Waals surface area contributed by atoms with E-state index in [0.717, 1.165) is 17.9 Å². The van der Waals surface area contributed by atoms with Gasteiger partial charge < -0.3 is 4.42 Å². The van der Waals surface area contributed by atoms with E-state index < -0.39 is 0 Å². The summed E-state index contributed by atoms with van der Waals surface area (Å²) in [7, 11) is 0. The molecule has 1 amide bonds. The van der Waals surface area contributed by atoms with Gasteiger partial charge in [-0.2, -0.15) is 5.10 Å². The van der Waals surface area contributed by atoms with E-state index >= 15 is 0 Å². The molecule has 0 aliphatic heterocycles. The van der Waals surface area contributed by atoms with E-state index in [4.69, 9.17) is 4.42 Å². The third kappa shape index (κ3) is 4.51. The van der Waals surface area contributed by atoms with E-state index in [1.807, 2.05) is 31.2 Å². The standard InChI is InChI=1S/C22H26N2O2/c1-15(7-12-18-6-5-13-26-18)23-24-21(25)20-14-19(20)16-8-10-17(11-9-16)22(2,3)4/h5-13,19-20H,14H2,1-4H3,(H,24,25)/b12-7+,23-15+/t19-,20-/m0/s1. The molecule has 136 valence electrons. The van der Waals surface area contributed by atoms with Crippen LogP contribution in [0.4, 0.5) is 0 Å². The van der Waals surface area contributed by atoms with Gasteiger partial charge in [-0.05, 0) is 60.1 Å². The number of hydrogen-bond donors (Lipinski definition) is 1. The highest BCUT2D eigenvalue weighted by atomic mass is 16.3. The van der Waals surface area contributed by atoms with Crippen molar-refractivity contribution in [2.24, 2.45) is 11.0 Å². The van der Waals surface area contributed by atoms with Crippen molar-refractivity contribution in [3.63, 3.8) is 0 Å². The molecule has 0 spiro atoms. The molecule has 0 unspecified atom stereocenters. The molecule has 0 bridgehead atoms. The zero-order valence-electron chi connectivity index (χ0n) is 15.8. The summed E-state index contributed by atoms with van der Waals surface area (Å²) >= 11 is 0. The molecule has 2 atom stereocenters. The lowest BCUT2D eigenvalue weighted by atomic mass is 9.86. The number of amides is 1. The highest BCUT2D eigenvalue weighted by Crippen LogP contribution is 2.47. The summed E-state index contributed by atoms with van der Waals surface area (Å²) in [5, 5.41) is 4.15. The van der Waals surface area contributed by atoms with Crippen molar-refractivity contribution < 1.29 is 9.21 Å². The minimum atomic E-state index is -0.0133. The number of benzene rings is 1. The van der Waals surface area contributed by atoms with Crippen molar-refractivity contribution in [1.82, 2.24) is 5.43 Å². The van der Waals surface area contributed by atoms with Crippen LogP contribution in [0.3, 0.4) is 0 Å². The third-order valence-corrected chi connectivity index (χ3v) is 4.71. The van der Waals surface area contributed by atoms with Gasteiger partial charge in [0.25, 0.3) is 0 Å². The summed E-state index contributed by atoms with van der Waals surface area (Å²) < 4.78 is 5.22. The average molecular weight is 350 g/mol. The van der Waals surface area contributed by atoms with E-state index in [9.17, 15) is 4.79 Å². The molecular formula is C22H26N2O2. The first-order chi connectivity index (χ1) is 12.3. The number of nitrogens with one attached hydrogen (secondary N) is 1. The number of allylic oxidation sites excluding steroid dienone is 1. The molecule has 3 rings (SSSR count). The zero-order chi connectivity index (χ0) is 18.7. The molecule has 4 heteroatoms. The van der Waals surface area contributed by atoms with Gasteiger partial charge in [0, 0.05) is 5.92 Å². The first-order valence-electron chi connectivity index (χ1n) is 9.01. The van der Waals surface area contributed by atoms with E-state index in [2.05, 4.69) is 55.6 Å². The molecule has 0 saturated heterocycles. The van der Waals surface area contributed by atoms with E-state index in [1.54, 1.807) is 6.26 Å². The first kappa shape index (κ1) is 18.2. The van der Waals surface area contributed by atoms with Gasteiger partial charge in [0.05, 0.1) is 12.0 Å². The third-order valence-electron chi connectivity index (χ3n) is 4.71. The number of nitrogens with zero attached hydrogens (tertiary/aromatic N) is 1. The predicted octanol–water partition coefficient (Wildman–Crippen LogP) is 4.89. The molecule has 1 fully saturated rings. The maximum absolute atomic E-state index is 12.3. The van der Waals surface area contributed by atoms with Gasteiger partial charge in [0.2, 0.25) is 5.91 Å². The zero-order valence-corrected chi connectivity index (χ0v) is 15.8. The second kappa shape index (κ2) is 7.32. The molecular weight excluding hydrogens is 324 g/mol. The summed E-state index contributed by atoms with van der Waals surface area (Å²) in [6.45, 7) is 8.46. The fourth-order valence-corrected chi connectivity index (χ4v) is 2.94. The summed E-state index contributed by atoms with van der Waals surface area (Å²) in [6, 6.07) is 12.3. The minimum absolute atomic E-state index is 0.0133. The van der Waals surface area contributed by atoms with E-state index in [-0.39, 0.29) is 17.2 Å². The molecule has 2 aromatic rings. The molecule has 1 saturated carbocycles. The van der Waals surface area contributed by atoms with Crippen LogP contribution >= 0.6 is 0 Å². The Labute approximate surface area is 155 Å². The Morgan fingerprint density at radius 1 is 1.23 bits per heavy atom. The summed E-state index contributed by atoms with van der Waals surface area (Å²) in [4.78, 5) is 12.3. The van der Waals surface area contributed by atoms with Crippen molar-refractivity contribution >= 4 is 17.7 Å². The number of furan rings is 1. The molecule has 1 aliphatic carbocycles. The van der Waals surface area contributed by atoms with Crippen LogP contribution in [-0.4, -0.2) is 11.6 Å². The number of rotatable bonds is 5.